The van der Waals surface area contributed by atoms with Gasteiger partial charge in [0, 0.05) is 42.7 Å². The molecule has 2 heterocycles. The first-order valence-corrected chi connectivity index (χ1v) is 9.95. The largest absolute Gasteiger partial charge is 0.371 e. The van der Waals surface area contributed by atoms with E-state index in [4.69, 9.17) is 0 Å². The maximum atomic E-state index is 12.8. The van der Waals surface area contributed by atoms with Crippen LogP contribution in [0.4, 0.5) is 11.4 Å². The number of nitrogens with one attached hydrogen (secondary N) is 1. The van der Waals surface area contributed by atoms with Crippen LogP contribution in [0.3, 0.4) is 0 Å². The normalized spacial score (nSPS) is 14.8. The Balaban J connectivity index is 1.40. The van der Waals surface area contributed by atoms with Gasteiger partial charge in [-0.25, -0.2) is 0 Å². The van der Waals surface area contributed by atoms with Gasteiger partial charge in [-0.3, -0.25) is 19.6 Å². The summed E-state index contributed by atoms with van der Waals surface area (Å²) in [4.78, 5) is 34.4. The maximum Gasteiger partial charge on any atom is 0.227 e. The van der Waals surface area contributed by atoms with E-state index in [1.54, 1.807) is 12.4 Å². The van der Waals surface area contributed by atoms with Crippen molar-refractivity contribution in [3.05, 3.63) is 58.8 Å². The number of benzene rings is 2. The Morgan fingerprint density at radius 1 is 1.07 bits per heavy atom. The lowest BCUT2D eigenvalue weighted by Gasteiger charge is -2.33. The van der Waals surface area contributed by atoms with Gasteiger partial charge in [0.2, 0.25) is 5.91 Å². The van der Waals surface area contributed by atoms with Gasteiger partial charge in [-0.15, -0.1) is 0 Å². The van der Waals surface area contributed by atoms with Gasteiger partial charge in [0.1, 0.15) is 11.8 Å². The summed E-state index contributed by atoms with van der Waals surface area (Å²) in [5.41, 5.74) is 3.98. The van der Waals surface area contributed by atoms with E-state index in [2.05, 4.69) is 36.1 Å². The summed E-state index contributed by atoms with van der Waals surface area (Å²) >= 11 is 3.54. The Hall–Kier alpha value is -2.80. The van der Waals surface area contributed by atoms with Crippen LogP contribution >= 0.6 is 15.9 Å². The minimum atomic E-state index is -0.0325. The Morgan fingerprint density at radius 2 is 1.79 bits per heavy atom. The molecule has 1 amide bonds. The Morgan fingerprint density at radius 3 is 2.50 bits per heavy atom. The number of carbonyl (C=O) groups excluding carboxylic acids is 2. The second-order valence-electron chi connectivity index (χ2n) is 6.81. The number of aromatic nitrogens is 2. The van der Waals surface area contributed by atoms with Gasteiger partial charge in [0.25, 0.3) is 0 Å². The number of carbonyl (C=O) groups is 2. The molecule has 0 aliphatic carbocycles. The fourth-order valence-corrected chi connectivity index (χ4v) is 4.03. The SMILES string of the molecule is O=Cc1ccc(N2CCC(C(=O)Nc3ccc4nccnc4c3Br)CC2)cc1. The Kier molecular flexibility index (Phi) is 5.34. The maximum absolute atomic E-state index is 12.8. The third-order valence-electron chi connectivity index (χ3n) is 5.10. The molecule has 1 N–H and O–H groups in total. The summed E-state index contributed by atoms with van der Waals surface area (Å²) in [5.74, 6) is -0.00477. The number of hydrogen-bond donors (Lipinski definition) is 1. The zero-order valence-electron chi connectivity index (χ0n) is 15.1. The second kappa shape index (κ2) is 8.06. The average Bonchev–Trinajstić information content (AvgIpc) is 2.76. The number of halogens is 1. The van der Waals surface area contributed by atoms with Crippen molar-refractivity contribution in [2.75, 3.05) is 23.3 Å². The third kappa shape index (κ3) is 3.75. The molecule has 1 saturated heterocycles. The minimum absolute atomic E-state index is 0.0277. The second-order valence-corrected chi connectivity index (χ2v) is 7.60. The molecule has 1 fully saturated rings. The molecular formula is C21H19BrN4O2. The summed E-state index contributed by atoms with van der Waals surface area (Å²) in [6.07, 6.45) is 5.69. The molecule has 6 nitrogen and oxygen atoms in total. The molecule has 0 bridgehead atoms. The van der Waals surface area contributed by atoms with E-state index in [0.29, 0.717) is 11.3 Å². The zero-order valence-corrected chi connectivity index (χ0v) is 16.7. The number of rotatable bonds is 4. The predicted molar refractivity (Wildman–Crippen MR) is 113 cm³/mol. The van der Waals surface area contributed by atoms with Crippen molar-refractivity contribution >= 4 is 50.5 Å². The van der Waals surface area contributed by atoms with Gasteiger partial charge < -0.3 is 10.2 Å². The standard InChI is InChI=1S/C21H19BrN4O2/c22-19-17(5-6-18-20(19)24-10-9-23-18)25-21(28)15-7-11-26(12-8-15)16-3-1-14(13-27)2-4-16/h1-6,9-10,13,15H,7-8,11-12H2,(H,25,28). The van der Waals surface area contributed by atoms with Crippen LogP contribution in [0.25, 0.3) is 11.0 Å². The van der Waals surface area contributed by atoms with E-state index in [1.165, 1.54) is 0 Å². The van der Waals surface area contributed by atoms with Crippen molar-refractivity contribution in [2.24, 2.45) is 5.92 Å². The number of aldehydes is 1. The van der Waals surface area contributed by atoms with Gasteiger partial charge in [-0.05, 0) is 65.2 Å². The molecule has 2 aromatic carbocycles. The molecule has 1 aliphatic rings. The molecule has 0 saturated carbocycles. The number of hydrogen-bond acceptors (Lipinski definition) is 5. The topological polar surface area (TPSA) is 75.2 Å². The van der Waals surface area contributed by atoms with Crippen LogP contribution in [-0.2, 0) is 4.79 Å². The summed E-state index contributed by atoms with van der Waals surface area (Å²) in [6.45, 7) is 1.62. The first kappa shape index (κ1) is 18.6. The van der Waals surface area contributed by atoms with Gasteiger partial charge in [-0.2, -0.15) is 0 Å². The van der Waals surface area contributed by atoms with E-state index in [0.717, 1.165) is 53.4 Å². The Bertz CT molecular complexity index is 1010. The van der Waals surface area contributed by atoms with Crippen LogP contribution in [0.1, 0.15) is 23.2 Å². The number of amides is 1. The van der Waals surface area contributed by atoms with Gasteiger partial charge >= 0.3 is 0 Å². The smallest absolute Gasteiger partial charge is 0.227 e. The monoisotopic (exact) mass is 438 g/mol. The van der Waals surface area contributed by atoms with Crippen LogP contribution in [0.2, 0.25) is 0 Å². The molecule has 0 atom stereocenters. The molecule has 142 valence electrons. The van der Waals surface area contributed by atoms with Crippen molar-refractivity contribution in [1.82, 2.24) is 9.97 Å². The summed E-state index contributed by atoms with van der Waals surface area (Å²) in [6, 6.07) is 11.3. The minimum Gasteiger partial charge on any atom is -0.371 e. The highest BCUT2D eigenvalue weighted by Crippen LogP contribution is 2.30. The van der Waals surface area contributed by atoms with E-state index >= 15 is 0 Å². The van der Waals surface area contributed by atoms with Crippen LogP contribution in [0, 0.1) is 5.92 Å². The van der Waals surface area contributed by atoms with Gasteiger partial charge in [-0.1, -0.05) is 0 Å². The van der Waals surface area contributed by atoms with E-state index < -0.39 is 0 Å². The fraction of sp³-hybridized carbons (Fsp3) is 0.238. The lowest BCUT2D eigenvalue weighted by Crippen LogP contribution is -2.38. The molecule has 1 aliphatic heterocycles. The molecule has 7 heteroatoms. The molecule has 3 aromatic rings. The summed E-state index contributed by atoms with van der Waals surface area (Å²) < 4.78 is 0.749. The van der Waals surface area contributed by atoms with Crippen molar-refractivity contribution < 1.29 is 9.59 Å². The number of anilines is 2. The summed E-state index contributed by atoms with van der Waals surface area (Å²) in [7, 11) is 0. The van der Waals surface area contributed by atoms with Crippen molar-refractivity contribution in [1.29, 1.82) is 0 Å². The highest BCUT2D eigenvalue weighted by molar-refractivity contribution is 9.10. The van der Waals surface area contributed by atoms with Crippen molar-refractivity contribution in [3.8, 4) is 0 Å². The fourth-order valence-electron chi connectivity index (χ4n) is 3.50. The highest BCUT2D eigenvalue weighted by atomic mass is 79.9. The first-order chi connectivity index (χ1) is 13.7. The van der Waals surface area contributed by atoms with E-state index in [-0.39, 0.29) is 11.8 Å². The number of fused-ring (bicyclic) bond motifs is 1. The molecule has 0 radical (unpaired) electrons. The lowest BCUT2D eigenvalue weighted by molar-refractivity contribution is -0.120. The molecule has 1 aromatic heterocycles. The predicted octanol–water partition coefficient (Wildman–Crippen LogP) is 4.06. The number of nitrogens with zero attached hydrogens (tertiary/aromatic N) is 3. The summed E-state index contributed by atoms with van der Waals surface area (Å²) in [5, 5.41) is 3.03. The molecule has 28 heavy (non-hydrogen) atoms. The van der Waals surface area contributed by atoms with E-state index in [1.807, 2.05) is 36.4 Å². The van der Waals surface area contributed by atoms with Crippen LogP contribution < -0.4 is 10.2 Å². The van der Waals surface area contributed by atoms with Crippen molar-refractivity contribution in [2.45, 2.75) is 12.8 Å². The number of piperidine rings is 1. The van der Waals surface area contributed by atoms with E-state index in [9.17, 15) is 9.59 Å². The quantitative estimate of drug-likeness (QED) is 0.621. The lowest BCUT2D eigenvalue weighted by atomic mass is 9.95. The van der Waals surface area contributed by atoms with Crippen LogP contribution in [0.5, 0.6) is 0 Å². The average molecular weight is 439 g/mol. The molecule has 0 spiro atoms. The van der Waals surface area contributed by atoms with Crippen LogP contribution in [-0.4, -0.2) is 35.3 Å². The van der Waals surface area contributed by atoms with Crippen molar-refractivity contribution in [3.63, 3.8) is 0 Å². The zero-order chi connectivity index (χ0) is 19.5. The van der Waals surface area contributed by atoms with Gasteiger partial charge in [0.15, 0.2) is 0 Å². The van der Waals surface area contributed by atoms with Gasteiger partial charge in [0.05, 0.1) is 15.7 Å². The third-order valence-corrected chi connectivity index (χ3v) is 5.90. The highest BCUT2D eigenvalue weighted by Gasteiger charge is 2.25. The molecule has 4 rings (SSSR count). The van der Waals surface area contributed by atoms with Crippen LogP contribution in [0.15, 0.2) is 53.3 Å². The molecular weight excluding hydrogens is 420 g/mol. The molecule has 0 unspecified atom stereocenters. The first-order valence-electron chi connectivity index (χ1n) is 9.16. The Labute approximate surface area is 171 Å².